The minimum atomic E-state index is -0.889. The molecule has 0 bridgehead atoms. The Kier molecular flexibility index (Phi) is 8.98. The van der Waals surface area contributed by atoms with E-state index in [1.807, 2.05) is 42.5 Å². The lowest BCUT2D eigenvalue weighted by Gasteiger charge is -2.36. The molecule has 3 aromatic rings. The average molecular weight is 556 g/mol. The highest BCUT2D eigenvalue weighted by Gasteiger charge is 2.55. The zero-order valence-corrected chi connectivity index (χ0v) is 23.3. The van der Waals surface area contributed by atoms with Gasteiger partial charge in [-0.25, -0.2) is 0 Å². The maximum absolute atomic E-state index is 13.7. The number of fused-ring (bicyclic) bond motifs is 1. The number of rotatable bonds is 11. The zero-order valence-electron chi connectivity index (χ0n) is 23.3. The van der Waals surface area contributed by atoms with Crippen molar-refractivity contribution in [2.45, 2.75) is 51.7 Å². The van der Waals surface area contributed by atoms with Gasteiger partial charge in [0.1, 0.15) is 18.1 Å². The largest absolute Gasteiger partial charge is 0.459 e. The van der Waals surface area contributed by atoms with Gasteiger partial charge in [-0.05, 0) is 72.7 Å². The van der Waals surface area contributed by atoms with Crippen LogP contribution in [-0.4, -0.2) is 39.8 Å². The second kappa shape index (κ2) is 12.8. The monoisotopic (exact) mass is 555 g/mol. The van der Waals surface area contributed by atoms with E-state index in [0.29, 0.717) is 48.5 Å². The number of imide groups is 1. The predicted octanol–water partition coefficient (Wildman–Crippen LogP) is 5.37. The van der Waals surface area contributed by atoms with Gasteiger partial charge in [-0.15, -0.1) is 0 Å². The highest BCUT2D eigenvalue weighted by molar-refractivity contribution is 6.22. The first-order chi connectivity index (χ1) is 20.0. The molecule has 3 N–H and O–H groups in total. The van der Waals surface area contributed by atoms with Gasteiger partial charge < -0.3 is 19.7 Å². The Morgan fingerprint density at radius 3 is 2.34 bits per heavy atom. The van der Waals surface area contributed by atoms with Crippen LogP contribution in [0.4, 0.5) is 5.69 Å². The number of benzene rings is 2. The summed E-state index contributed by atoms with van der Waals surface area (Å²) in [7, 11) is 0. The standard InChI is InChI=1S/C34H37NO6/c1-2-9-24-19-28-32(34(40)35(33(28)39)25-12-7-4-8-13-25)29(21-37)31(24)30(38)17-14-23(22-10-5-3-6-11-22)18-26-15-16-27(20-36)41-26/h3-8,10-13,15-16,18,28-30,32,36-38H,2,9,14,17,19-21H2,1H3/b23-18-/t28-,29+,30-,32-/m1/s1. The Balaban J connectivity index is 1.43. The number of furan rings is 1. The molecule has 2 aliphatic rings. The summed E-state index contributed by atoms with van der Waals surface area (Å²) in [6, 6.07) is 22.3. The molecule has 2 amide bonds. The Labute approximate surface area is 240 Å². The van der Waals surface area contributed by atoms with Crippen LogP contribution in [0.25, 0.3) is 11.6 Å². The Morgan fingerprint density at radius 2 is 1.71 bits per heavy atom. The molecule has 1 saturated heterocycles. The number of allylic oxidation sites excluding steroid dienone is 2. The van der Waals surface area contributed by atoms with E-state index in [2.05, 4.69) is 6.92 Å². The van der Waals surface area contributed by atoms with Crippen LogP contribution in [0.15, 0.2) is 88.4 Å². The van der Waals surface area contributed by atoms with E-state index in [1.54, 1.807) is 36.4 Å². The smallest absolute Gasteiger partial charge is 0.238 e. The molecule has 7 nitrogen and oxygen atoms in total. The first-order valence-electron chi connectivity index (χ1n) is 14.4. The number of carbonyl (C=O) groups is 2. The quantitative estimate of drug-likeness (QED) is 0.217. The number of para-hydroxylation sites is 1. The number of nitrogens with zero attached hydrogens (tertiary/aromatic N) is 1. The SMILES string of the molecule is CCCC1=C([C@H](O)CC/C(=C/c2ccc(CO)o2)c2ccccc2)[C@H](CO)[C@@H]2C(=O)N(c3ccccc3)C(=O)[C@@H]2C1. The van der Waals surface area contributed by atoms with Gasteiger partial charge in [-0.2, -0.15) is 0 Å². The number of aliphatic hydroxyl groups excluding tert-OH is 3. The molecule has 2 heterocycles. The van der Waals surface area contributed by atoms with Crippen LogP contribution in [0.5, 0.6) is 0 Å². The van der Waals surface area contributed by atoms with E-state index in [1.165, 1.54) is 4.90 Å². The summed E-state index contributed by atoms with van der Waals surface area (Å²) in [6.45, 7) is 1.55. The van der Waals surface area contributed by atoms with Crippen molar-refractivity contribution in [2.24, 2.45) is 17.8 Å². The van der Waals surface area contributed by atoms with Crippen LogP contribution in [0, 0.1) is 17.8 Å². The van der Waals surface area contributed by atoms with Crippen LogP contribution in [0.1, 0.15) is 56.1 Å². The highest BCUT2D eigenvalue weighted by Crippen LogP contribution is 2.48. The third-order valence-electron chi connectivity index (χ3n) is 8.29. The van der Waals surface area contributed by atoms with Crippen LogP contribution < -0.4 is 4.90 Å². The fourth-order valence-electron chi connectivity index (χ4n) is 6.46. The number of carbonyl (C=O) groups excluding carboxylic acids is 2. The summed E-state index contributed by atoms with van der Waals surface area (Å²) < 4.78 is 5.70. The lowest BCUT2D eigenvalue weighted by atomic mass is 9.67. The molecule has 2 aromatic carbocycles. The molecular weight excluding hydrogens is 518 g/mol. The summed E-state index contributed by atoms with van der Waals surface area (Å²) in [5.74, 6) is -1.34. The van der Waals surface area contributed by atoms with Crippen molar-refractivity contribution in [3.05, 3.63) is 101 Å². The molecule has 0 unspecified atom stereocenters. The third-order valence-corrected chi connectivity index (χ3v) is 8.29. The van der Waals surface area contributed by atoms with Crippen molar-refractivity contribution in [2.75, 3.05) is 11.5 Å². The predicted molar refractivity (Wildman–Crippen MR) is 157 cm³/mol. The van der Waals surface area contributed by atoms with Crippen molar-refractivity contribution < 1.29 is 29.3 Å². The van der Waals surface area contributed by atoms with Gasteiger partial charge in [-0.1, -0.05) is 67.4 Å². The molecule has 4 atom stereocenters. The fourth-order valence-corrected chi connectivity index (χ4v) is 6.46. The van der Waals surface area contributed by atoms with Crippen molar-refractivity contribution in [1.82, 2.24) is 0 Å². The highest BCUT2D eigenvalue weighted by atomic mass is 16.4. The van der Waals surface area contributed by atoms with E-state index in [0.717, 1.165) is 23.1 Å². The van der Waals surface area contributed by atoms with Gasteiger partial charge in [0.15, 0.2) is 0 Å². The van der Waals surface area contributed by atoms with Gasteiger partial charge in [0.05, 0.1) is 30.2 Å². The topological polar surface area (TPSA) is 111 Å². The second-order valence-corrected chi connectivity index (χ2v) is 10.8. The molecule has 5 rings (SSSR count). The number of anilines is 1. The first kappa shape index (κ1) is 28.7. The van der Waals surface area contributed by atoms with Crippen LogP contribution in [0.3, 0.4) is 0 Å². The van der Waals surface area contributed by atoms with E-state index in [4.69, 9.17) is 4.42 Å². The lowest BCUT2D eigenvalue weighted by molar-refractivity contribution is -0.123. The van der Waals surface area contributed by atoms with Crippen LogP contribution >= 0.6 is 0 Å². The molecule has 0 saturated carbocycles. The number of hydrogen-bond acceptors (Lipinski definition) is 6. The van der Waals surface area contributed by atoms with Gasteiger partial charge in [0.25, 0.3) is 0 Å². The maximum Gasteiger partial charge on any atom is 0.238 e. The van der Waals surface area contributed by atoms with E-state index in [9.17, 15) is 24.9 Å². The molecule has 1 aromatic heterocycles. The third kappa shape index (κ3) is 5.84. The number of aliphatic hydroxyl groups is 3. The van der Waals surface area contributed by atoms with Crippen LogP contribution in [-0.2, 0) is 16.2 Å². The van der Waals surface area contributed by atoms with Gasteiger partial charge in [-0.3, -0.25) is 14.5 Å². The normalized spacial score (nSPS) is 21.9. The Morgan fingerprint density at radius 1 is 1.00 bits per heavy atom. The fraction of sp³-hybridized carbons (Fsp3) is 0.353. The Bertz CT molecular complexity index is 1420. The summed E-state index contributed by atoms with van der Waals surface area (Å²) in [6.07, 6.45) is 3.84. The second-order valence-electron chi connectivity index (χ2n) is 10.8. The number of amides is 2. The summed E-state index contributed by atoms with van der Waals surface area (Å²) in [4.78, 5) is 28.5. The molecule has 0 radical (unpaired) electrons. The van der Waals surface area contributed by atoms with Gasteiger partial charge >= 0.3 is 0 Å². The molecular formula is C34H37NO6. The van der Waals surface area contributed by atoms with Gasteiger partial charge in [0, 0.05) is 5.92 Å². The van der Waals surface area contributed by atoms with E-state index >= 15 is 0 Å². The summed E-state index contributed by atoms with van der Waals surface area (Å²) >= 11 is 0. The van der Waals surface area contributed by atoms with E-state index < -0.39 is 23.9 Å². The molecule has 1 aliphatic heterocycles. The first-order valence-corrected chi connectivity index (χ1v) is 14.4. The molecule has 0 spiro atoms. The average Bonchev–Trinajstić information content (AvgIpc) is 3.56. The van der Waals surface area contributed by atoms with Crippen molar-refractivity contribution in [3.8, 4) is 0 Å². The van der Waals surface area contributed by atoms with Crippen molar-refractivity contribution >= 4 is 29.2 Å². The number of hydrogen-bond donors (Lipinski definition) is 3. The Hall–Kier alpha value is -3.78. The molecule has 1 aliphatic carbocycles. The summed E-state index contributed by atoms with van der Waals surface area (Å²) in [5, 5.41) is 31.7. The minimum Gasteiger partial charge on any atom is -0.459 e. The molecule has 7 heteroatoms. The molecule has 214 valence electrons. The molecule has 1 fully saturated rings. The van der Waals surface area contributed by atoms with Crippen molar-refractivity contribution in [3.63, 3.8) is 0 Å². The maximum atomic E-state index is 13.7. The zero-order chi connectivity index (χ0) is 28.9. The lowest BCUT2D eigenvalue weighted by Crippen LogP contribution is -2.39. The van der Waals surface area contributed by atoms with E-state index in [-0.39, 0.29) is 25.0 Å². The van der Waals surface area contributed by atoms with Crippen LogP contribution in [0.2, 0.25) is 0 Å². The minimum absolute atomic E-state index is 0.185. The summed E-state index contributed by atoms with van der Waals surface area (Å²) in [5.41, 5.74) is 4.16. The van der Waals surface area contributed by atoms with Gasteiger partial charge in [0.2, 0.25) is 11.8 Å². The molecule has 41 heavy (non-hydrogen) atoms. The van der Waals surface area contributed by atoms with Crippen molar-refractivity contribution in [1.29, 1.82) is 0 Å².